The Kier molecular flexibility index (Phi) is 6.27. The van der Waals surface area contributed by atoms with Crippen LogP contribution in [0.2, 0.25) is 0 Å². The minimum atomic E-state index is -4.53. The molecular formula is C32H31N2O8S2+. The van der Waals surface area contributed by atoms with E-state index in [9.17, 15) is 35.8 Å². The van der Waals surface area contributed by atoms with E-state index in [1.807, 2.05) is 43.2 Å². The minimum absolute atomic E-state index is 0.100. The highest BCUT2D eigenvalue weighted by molar-refractivity contribution is 7.86. The molecule has 3 N–H and O–H groups in total. The van der Waals surface area contributed by atoms with Crippen molar-refractivity contribution >= 4 is 53.9 Å². The van der Waals surface area contributed by atoms with E-state index in [1.165, 1.54) is 18.2 Å². The van der Waals surface area contributed by atoms with Gasteiger partial charge in [-0.15, -0.1) is 0 Å². The first kappa shape index (κ1) is 29.9. The van der Waals surface area contributed by atoms with Gasteiger partial charge in [-0.05, 0) is 61.2 Å². The zero-order chi connectivity index (χ0) is 32.3. The Balaban J connectivity index is 1.43. The molecule has 0 spiro atoms. The van der Waals surface area contributed by atoms with Crippen molar-refractivity contribution < 1.29 is 40.4 Å². The Morgan fingerprint density at radius 1 is 0.886 bits per heavy atom. The first-order chi connectivity index (χ1) is 20.3. The number of likely N-dealkylation sites (N-methyl/N-ethyl adjacent to an activating group) is 1. The van der Waals surface area contributed by atoms with Gasteiger partial charge in [-0.25, -0.2) is 0 Å². The Hall–Kier alpha value is -4.10. The summed E-state index contributed by atoms with van der Waals surface area (Å²) in [5.74, 6) is -0.581. The molecule has 6 rings (SSSR count). The molecule has 1 aliphatic carbocycles. The molecule has 228 valence electrons. The molecule has 0 saturated heterocycles. The van der Waals surface area contributed by atoms with Crippen molar-refractivity contribution in [2.75, 3.05) is 19.0 Å². The highest BCUT2D eigenvalue weighted by Crippen LogP contribution is 2.50. The first-order valence-corrected chi connectivity index (χ1v) is 16.6. The van der Waals surface area contributed by atoms with Crippen LogP contribution in [0.4, 0.5) is 11.4 Å². The molecule has 0 atom stereocenters. The number of fused-ring (bicyclic) bond motifs is 4. The van der Waals surface area contributed by atoms with E-state index in [0.717, 1.165) is 0 Å². The van der Waals surface area contributed by atoms with Crippen molar-refractivity contribution in [2.45, 2.75) is 48.3 Å². The van der Waals surface area contributed by atoms with E-state index in [4.69, 9.17) is 0 Å². The van der Waals surface area contributed by atoms with Crippen LogP contribution in [0.25, 0.3) is 10.8 Å². The van der Waals surface area contributed by atoms with Crippen molar-refractivity contribution in [3.63, 3.8) is 0 Å². The Morgan fingerprint density at radius 3 is 2.18 bits per heavy atom. The zero-order valence-electron chi connectivity index (χ0n) is 24.9. The number of benzene rings is 3. The number of aliphatic hydroxyl groups excluding tert-OH is 1. The smallest absolute Gasteiger partial charge is 0.295 e. The van der Waals surface area contributed by atoms with Crippen molar-refractivity contribution in [2.24, 2.45) is 0 Å². The highest BCUT2D eigenvalue weighted by Gasteiger charge is 2.48. The average Bonchev–Trinajstić information content (AvgIpc) is 3.25. The molecule has 2 heterocycles. The second kappa shape index (κ2) is 9.21. The molecular weight excluding hydrogens is 604 g/mol. The molecule has 0 aromatic heterocycles. The SMILES string of the molecule is CN1/C(=C/C2=C(O)C(=CC3=[N+](C)c4ccc5cccc(S(=O)(=O)O)c5c4C3(C)C)C2=O)C(C)(C)c2cc(S(=O)(=O)O)ccc21. The first-order valence-electron chi connectivity index (χ1n) is 13.7. The fraction of sp³-hybridized carbons (Fsp3) is 0.250. The monoisotopic (exact) mass is 635 g/mol. The number of ketones is 1. The third-order valence-electron chi connectivity index (χ3n) is 9.12. The minimum Gasteiger partial charge on any atom is -0.506 e. The largest absolute Gasteiger partial charge is 0.506 e. The number of allylic oxidation sites excluding steroid dienone is 5. The normalized spacial score (nSPS) is 21.0. The van der Waals surface area contributed by atoms with Crippen LogP contribution in [0, 0.1) is 0 Å². The van der Waals surface area contributed by atoms with E-state index >= 15 is 0 Å². The van der Waals surface area contributed by atoms with Gasteiger partial charge in [-0.3, -0.25) is 13.9 Å². The van der Waals surface area contributed by atoms with Crippen LogP contribution in [0.3, 0.4) is 0 Å². The summed E-state index contributed by atoms with van der Waals surface area (Å²) in [5, 5.41) is 12.2. The summed E-state index contributed by atoms with van der Waals surface area (Å²) in [4.78, 5) is 14.9. The summed E-state index contributed by atoms with van der Waals surface area (Å²) in [7, 11) is -5.38. The van der Waals surface area contributed by atoms with E-state index in [2.05, 4.69) is 0 Å². The Morgan fingerprint density at radius 2 is 1.57 bits per heavy atom. The van der Waals surface area contributed by atoms with Gasteiger partial charge in [0.25, 0.3) is 20.2 Å². The molecule has 0 saturated carbocycles. The molecule has 3 aromatic rings. The van der Waals surface area contributed by atoms with Gasteiger partial charge in [0, 0.05) is 46.9 Å². The molecule has 0 amide bonds. The molecule has 0 fully saturated rings. The van der Waals surface area contributed by atoms with Gasteiger partial charge >= 0.3 is 0 Å². The van der Waals surface area contributed by atoms with Crippen LogP contribution >= 0.6 is 0 Å². The van der Waals surface area contributed by atoms with Crippen molar-refractivity contribution in [3.8, 4) is 0 Å². The summed E-state index contributed by atoms with van der Waals surface area (Å²) in [6.07, 6.45) is 3.20. The maximum Gasteiger partial charge on any atom is 0.295 e. The number of carbonyl (C=O) groups excluding carboxylic acids is 1. The van der Waals surface area contributed by atoms with Crippen LogP contribution in [0.5, 0.6) is 0 Å². The van der Waals surface area contributed by atoms with Crippen LogP contribution in [-0.2, 0) is 35.9 Å². The van der Waals surface area contributed by atoms with Gasteiger partial charge < -0.3 is 10.0 Å². The molecule has 2 aliphatic heterocycles. The molecule has 3 aliphatic rings. The van der Waals surface area contributed by atoms with Crippen molar-refractivity contribution in [1.29, 1.82) is 0 Å². The Bertz CT molecular complexity index is 2220. The van der Waals surface area contributed by atoms with Crippen molar-refractivity contribution in [3.05, 3.63) is 94.4 Å². The van der Waals surface area contributed by atoms with E-state index < -0.39 is 31.1 Å². The number of Topliss-reactive ketones (excluding diaryl/α,β-unsaturated/α-hetero) is 1. The Labute approximate surface area is 255 Å². The fourth-order valence-corrected chi connectivity index (χ4v) is 8.07. The quantitative estimate of drug-likeness (QED) is 0.205. The number of anilines is 1. The fourth-order valence-electron chi connectivity index (χ4n) is 6.83. The summed E-state index contributed by atoms with van der Waals surface area (Å²) in [5.41, 5.74) is 2.66. The summed E-state index contributed by atoms with van der Waals surface area (Å²) in [6.45, 7) is 7.51. The molecule has 0 unspecified atom stereocenters. The lowest BCUT2D eigenvalue weighted by Crippen LogP contribution is -2.31. The van der Waals surface area contributed by atoms with Crippen LogP contribution in [0.1, 0.15) is 38.8 Å². The number of rotatable bonds is 4. The maximum atomic E-state index is 13.5. The van der Waals surface area contributed by atoms with Crippen LogP contribution in [0.15, 0.2) is 93.1 Å². The molecule has 0 bridgehead atoms. The van der Waals surface area contributed by atoms with Crippen LogP contribution < -0.4 is 4.90 Å². The van der Waals surface area contributed by atoms with Gasteiger partial charge in [0.2, 0.25) is 11.5 Å². The second-order valence-corrected chi connectivity index (χ2v) is 15.2. The summed E-state index contributed by atoms with van der Waals surface area (Å²) < 4.78 is 69.5. The zero-order valence-corrected chi connectivity index (χ0v) is 26.5. The second-order valence-electron chi connectivity index (χ2n) is 12.4. The van der Waals surface area contributed by atoms with Gasteiger partial charge in [0.1, 0.15) is 17.7 Å². The van der Waals surface area contributed by atoms with E-state index in [-0.39, 0.29) is 32.5 Å². The van der Waals surface area contributed by atoms with Gasteiger partial charge in [-0.2, -0.15) is 21.4 Å². The molecule has 3 aromatic carbocycles. The van der Waals surface area contributed by atoms with E-state index in [0.29, 0.717) is 44.7 Å². The molecule has 12 heteroatoms. The average molecular weight is 636 g/mol. The van der Waals surface area contributed by atoms with Crippen LogP contribution in [-0.4, -0.2) is 61.2 Å². The number of hydrogen-bond donors (Lipinski definition) is 3. The van der Waals surface area contributed by atoms with E-state index in [1.54, 1.807) is 50.5 Å². The third kappa shape index (κ3) is 4.12. The standard InChI is InChI=1S/C32H30N2O8S2/c1-31(2)21-14-18(43(37,38)39)11-13-22(21)33(5)25(31)15-19-29(35)20(30(19)36)16-26-32(3,4)28-23(34(26)6)12-10-17-8-7-9-24(27(17)28)44(40,41)42/h7-16H,1-6H3,(H2-,35,36,37,38,39,40,41,42)/p+1. The maximum absolute atomic E-state index is 13.5. The lowest BCUT2D eigenvalue weighted by atomic mass is 9.76. The summed E-state index contributed by atoms with van der Waals surface area (Å²) in [6, 6.07) is 12.6. The number of carbonyl (C=O) groups is 1. The number of nitrogens with zero attached hydrogens (tertiary/aromatic N) is 2. The predicted octanol–water partition coefficient (Wildman–Crippen LogP) is 4.97. The number of hydrogen-bond acceptors (Lipinski definition) is 7. The molecule has 44 heavy (non-hydrogen) atoms. The third-order valence-corrected chi connectivity index (χ3v) is 10.9. The summed E-state index contributed by atoms with van der Waals surface area (Å²) >= 11 is 0. The molecule has 10 nitrogen and oxygen atoms in total. The topological polar surface area (TPSA) is 152 Å². The van der Waals surface area contributed by atoms with Gasteiger partial charge in [0.15, 0.2) is 5.71 Å². The van der Waals surface area contributed by atoms with Gasteiger partial charge in [0.05, 0.1) is 21.5 Å². The lowest BCUT2D eigenvalue weighted by Gasteiger charge is -2.27. The predicted molar refractivity (Wildman–Crippen MR) is 166 cm³/mol. The lowest BCUT2D eigenvalue weighted by molar-refractivity contribution is -0.401. The number of aliphatic hydroxyl groups is 1. The van der Waals surface area contributed by atoms with Gasteiger partial charge in [-0.1, -0.05) is 26.0 Å². The molecule has 0 radical (unpaired) electrons. The highest BCUT2D eigenvalue weighted by atomic mass is 32.2. The van der Waals surface area contributed by atoms with Crippen molar-refractivity contribution in [1.82, 2.24) is 0 Å².